The molecule has 0 spiro atoms. The smallest absolute Gasteiger partial charge is 0.274 e. The molecule has 19 heavy (non-hydrogen) atoms. The van der Waals surface area contributed by atoms with Crippen molar-refractivity contribution in [2.24, 2.45) is 17.6 Å². The standard InChI is InChI=1S/C14H22N4O/c15-5-6-17-9-13(16-10-17)14(19)18(7-11-1-2-11)8-12-3-4-12/h9-12H,1-8,15H2. The zero-order chi connectivity index (χ0) is 13.2. The van der Waals surface area contributed by atoms with E-state index in [1.165, 1.54) is 25.7 Å². The van der Waals surface area contributed by atoms with Crippen molar-refractivity contribution in [2.45, 2.75) is 32.2 Å². The first-order chi connectivity index (χ1) is 9.26. The van der Waals surface area contributed by atoms with Gasteiger partial charge in [0.2, 0.25) is 0 Å². The van der Waals surface area contributed by atoms with E-state index in [-0.39, 0.29) is 5.91 Å². The molecule has 1 aromatic heterocycles. The zero-order valence-electron chi connectivity index (χ0n) is 11.3. The van der Waals surface area contributed by atoms with Gasteiger partial charge in [-0.15, -0.1) is 0 Å². The number of hydrogen-bond donors (Lipinski definition) is 1. The highest BCUT2D eigenvalue weighted by Gasteiger charge is 2.32. The molecule has 1 aromatic rings. The van der Waals surface area contributed by atoms with Crippen LogP contribution in [0, 0.1) is 11.8 Å². The maximum Gasteiger partial charge on any atom is 0.274 e. The molecule has 0 aromatic carbocycles. The van der Waals surface area contributed by atoms with Crippen molar-refractivity contribution in [3.05, 3.63) is 18.2 Å². The molecule has 1 heterocycles. The molecular weight excluding hydrogens is 240 g/mol. The lowest BCUT2D eigenvalue weighted by atomic mass is 10.3. The second-order valence-electron chi connectivity index (χ2n) is 5.88. The normalized spacial score (nSPS) is 18.6. The molecule has 5 heteroatoms. The molecular formula is C14H22N4O. The predicted molar refractivity (Wildman–Crippen MR) is 72.6 cm³/mol. The lowest BCUT2D eigenvalue weighted by molar-refractivity contribution is 0.0734. The predicted octanol–water partition coefficient (Wildman–Crippen LogP) is 1.10. The number of amides is 1. The van der Waals surface area contributed by atoms with Gasteiger partial charge in [0.25, 0.3) is 5.91 Å². The number of aromatic nitrogens is 2. The Morgan fingerprint density at radius 2 is 1.95 bits per heavy atom. The maximum atomic E-state index is 12.5. The molecule has 2 N–H and O–H groups in total. The average molecular weight is 262 g/mol. The summed E-state index contributed by atoms with van der Waals surface area (Å²) in [7, 11) is 0. The quantitative estimate of drug-likeness (QED) is 0.800. The van der Waals surface area contributed by atoms with Crippen LogP contribution >= 0.6 is 0 Å². The summed E-state index contributed by atoms with van der Waals surface area (Å²) < 4.78 is 1.89. The third-order valence-corrected chi connectivity index (χ3v) is 3.88. The highest BCUT2D eigenvalue weighted by molar-refractivity contribution is 5.92. The third kappa shape index (κ3) is 3.35. The van der Waals surface area contributed by atoms with Gasteiger partial charge >= 0.3 is 0 Å². The number of nitrogens with zero attached hydrogens (tertiary/aromatic N) is 3. The first kappa shape index (κ1) is 12.7. The fraction of sp³-hybridized carbons (Fsp3) is 0.714. The third-order valence-electron chi connectivity index (χ3n) is 3.88. The molecule has 104 valence electrons. The Kier molecular flexibility index (Phi) is 3.55. The number of imidazole rings is 1. The summed E-state index contributed by atoms with van der Waals surface area (Å²) in [5, 5.41) is 0. The molecule has 2 fully saturated rings. The molecule has 0 radical (unpaired) electrons. The SMILES string of the molecule is NCCn1cnc(C(=O)N(CC2CC2)CC2CC2)c1. The van der Waals surface area contributed by atoms with Crippen LogP contribution in [0.1, 0.15) is 36.2 Å². The van der Waals surface area contributed by atoms with Crippen LogP contribution in [-0.4, -0.2) is 40.0 Å². The number of rotatable bonds is 7. The summed E-state index contributed by atoms with van der Waals surface area (Å²) in [5.41, 5.74) is 6.07. The van der Waals surface area contributed by atoms with Crippen molar-refractivity contribution in [3.63, 3.8) is 0 Å². The minimum Gasteiger partial charge on any atom is -0.337 e. The van der Waals surface area contributed by atoms with Gasteiger partial charge in [-0.3, -0.25) is 4.79 Å². The number of nitrogens with two attached hydrogens (primary N) is 1. The molecule has 2 aliphatic carbocycles. The van der Waals surface area contributed by atoms with Gasteiger partial charge in [-0.25, -0.2) is 4.98 Å². The van der Waals surface area contributed by atoms with Gasteiger partial charge < -0.3 is 15.2 Å². The van der Waals surface area contributed by atoms with Crippen molar-refractivity contribution < 1.29 is 4.79 Å². The van der Waals surface area contributed by atoms with Crippen LogP contribution in [0.2, 0.25) is 0 Å². The minimum absolute atomic E-state index is 0.0922. The Morgan fingerprint density at radius 3 is 2.47 bits per heavy atom. The second-order valence-corrected chi connectivity index (χ2v) is 5.88. The molecule has 3 rings (SSSR count). The van der Waals surface area contributed by atoms with E-state index in [0.717, 1.165) is 24.9 Å². The second kappa shape index (κ2) is 5.33. The molecule has 0 aliphatic heterocycles. The van der Waals surface area contributed by atoms with E-state index in [0.29, 0.717) is 18.8 Å². The van der Waals surface area contributed by atoms with E-state index in [1.54, 1.807) is 6.33 Å². The summed E-state index contributed by atoms with van der Waals surface area (Å²) in [5.74, 6) is 1.55. The Balaban J connectivity index is 1.65. The van der Waals surface area contributed by atoms with Gasteiger partial charge in [-0.05, 0) is 37.5 Å². The van der Waals surface area contributed by atoms with Crippen LogP contribution in [0.5, 0.6) is 0 Å². The number of carbonyl (C=O) groups excluding carboxylic acids is 1. The molecule has 0 saturated heterocycles. The van der Waals surface area contributed by atoms with Gasteiger partial charge in [0.15, 0.2) is 0 Å². The highest BCUT2D eigenvalue weighted by atomic mass is 16.2. The van der Waals surface area contributed by atoms with Crippen LogP contribution in [-0.2, 0) is 6.54 Å². The average Bonchev–Trinajstić information content (AvgIpc) is 3.31. The highest BCUT2D eigenvalue weighted by Crippen LogP contribution is 2.34. The van der Waals surface area contributed by atoms with E-state index in [2.05, 4.69) is 4.98 Å². The minimum atomic E-state index is 0.0922. The topological polar surface area (TPSA) is 64.2 Å². The van der Waals surface area contributed by atoms with Gasteiger partial charge in [-0.2, -0.15) is 0 Å². The van der Waals surface area contributed by atoms with E-state index >= 15 is 0 Å². The first-order valence-corrected chi connectivity index (χ1v) is 7.27. The molecule has 0 bridgehead atoms. The fourth-order valence-electron chi connectivity index (χ4n) is 2.37. The molecule has 2 aliphatic rings. The van der Waals surface area contributed by atoms with Gasteiger partial charge in [0.05, 0.1) is 6.33 Å². The Labute approximate surface area is 113 Å². The van der Waals surface area contributed by atoms with Crippen molar-refractivity contribution in [1.82, 2.24) is 14.5 Å². The maximum absolute atomic E-state index is 12.5. The first-order valence-electron chi connectivity index (χ1n) is 7.27. The molecule has 0 atom stereocenters. The Bertz CT molecular complexity index is 434. The lowest BCUT2D eigenvalue weighted by Gasteiger charge is -2.21. The summed E-state index contributed by atoms with van der Waals surface area (Å²) in [4.78, 5) is 18.8. The monoisotopic (exact) mass is 262 g/mol. The number of carbonyl (C=O) groups is 1. The van der Waals surface area contributed by atoms with E-state index in [1.807, 2.05) is 15.7 Å². The Hall–Kier alpha value is -1.36. The molecule has 0 unspecified atom stereocenters. The molecule has 1 amide bonds. The van der Waals surface area contributed by atoms with Crippen LogP contribution < -0.4 is 5.73 Å². The van der Waals surface area contributed by atoms with Crippen LogP contribution in [0.3, 0.4) is 0 Å². The summed E-state index contributed by atoms with van der Waals surface area (Å²) in [6, 6.07) is 0. The van der Waals surface area contributed by atoms with Crippen LogP contribution in [0.25, 0.3) is 0 Å². The van der Waals surface area contributed by atoms with Gasteiger partial charge in [0.1, 0.15) is 5.69 Å². The van der Waals surface area contributed by atoms with E-state index < -0.39 is 0 Å². The largest absolute Gasteiger partial charge is 0.337 e. The van der Waals surface area contributed by atoms with Crippen molar-refractivity contribution in [1.29, 1.82) is 0 Å². The van der Waals surface area contributed by atoms with E-state index in [9.17, 15) is 4.79 Å². The van der Waals surface area contributed by atoms with Crippen LogP contribution in [0.4, 0.5) is 0 Å². The van der Waals surface area contributed by atoms with Crippen molar-refractivity contribution in [2.75, 3.05) is 19.6 Å². The van der Waals surface area contributed by atoms with Crippen molar-refractivity contribution in [3.8, 4) is 0 Å². The molecule has 2 saturated carbocycles. The Morgan fingerprint density at radius 1 is 1.32 bits per heavy atom. The van der Waals surface area contributed by atoms with Crippen LogP contribution in [0.15, 0.2) is 12.5 Å². The summed E-state index contributed by atoms with van der Waals surface area (Å²) in [6.45, 7) is 3.11. The number of hydrogen-bond acceptors (Lipinski definition) is 3. The fourth-order valence-corrected chi connectivity index (χ4v) is 2.37. The van der Waals surface area contributed by atoms with E-state index in [4.69, 9.17) is 5.73 Å². The van der Waals surface area contributed by atoms with Gasteiger partial charge in [0, 0.05) is 32.4 Å². The zero-order valence-corrected chi connectivity index (χ0v) is 11.3. The van der Waals surface area contributed by atoms with Crippen molar-refractivity contribution >= 4 is 5.91 Å². The summed E-state index contributed by atoms with van der Waals surface area (Å²) in [6.07, 6.45) is 8.62. The lowest BCUT2D eigenvalue weighted by Crippen LogP contribution is -2.35. The summed E-state index contributed by atoms with van der Waals surface area (Å²) >= 11 is 0. The molecule has 5 nitrogen and oxygen atoms in total. The van der Waals surface area contributed by atoms with Gasteiger partial charge in [-0.1, -0.05) is 0 Å².